The average Bonchev–Trinajstić information content (AvgIpc) is 2.29. The number of hydrogen-bond acceptors (Lipinski definition) is 5. The molecule has 0 radical (unpaired) electrons. The van der Waals surface area contributed by atoms with Gasteiger partial charge in [0.25, 0.3) is 0 Å². The lowest BCUT2D eigenvalue weighted by Crippen LogP contribution is -2.17. The molecule has 0 bridgehead atoms. The first-order valence-electron chi connectivity index (χ1n) is 5.58. The summed E-state index contributed by atoms with van der Waals surface area (Å²) in [5.74, 6) is 0.664. The van der Waals surface area contributed by atoms with Crippen LogP contribution in [0.25, 0.3) is 0 Å². The Morgan fingerprint density at radius 3 is 2.41 bits per heavy atom. The van der Waals surface area contributed by atoms with Gasteiger partial charge in [0.05, 0.1) is 24.2 Å². The Balaban J connectivity index is 3.15. The van der Waals surface area contributed by atoms with Crippen molar-refractivity contribution in [2.75, 3.05) is 51.6 Å². The van der Waals surface area contributed by atoms with E-state index >= 15 is 0 Å². The van der Waals surface area contributed by atoms with Crippen molar-refractivity contribution >= 4 is 17.1 Å². The van der Waals surface area contributed by atoms with Gasteiger partial charge in [-0.3, -0.25) is 0 Å². The molecule has 0 aliphatic carbocycles. The number of ether oxygens (including phenoxy) is 1. The van der Waals surface area contributed by atoms with Crippen molar-refractivity contribution in [2.24, 2.45) is 0 Å². The zero-order chi connectivity index (χ0) is 13.0. The van der Waals surface area contributed by atoms with Crippen LogP contribution in [0.1, 0.15) is 5.56 Å². The summed E-state index contributed by atoms with van der Waals surface area (Å²) < 4.78 is 5.26. The third kappa shape index (κ3) is 2.94. The summed E-state index contributed by atoms with van der Waals surface area (Å²) in [4.78, 5) is 2.09. The summed E-state index contributed by atoms with van der Waals surface area (Å²) in [6, 6.07) is 1.82. The Bertz CT molecular complexity index is 362. The fourth-order valence-corrected chi connectivity index (χ4v) is 1.72. The number of methoxy groups -OCH3 is 1. The van der Waals surface area contributed by atoms with Crippen molar-refractivity contribution in [1.82, 2.24) is 4.90 Å². The van der Waals surface area contributed by atoms with Crippen molar-refractivity contribution in [1.29, 1.82) is 0 Å². The Morgan fingerprint density at radius 2 is 1.94 bits per heavy atom. The van der Waals surface area contributed by atoms with Crippen molar-refractivity contribution in [3.8, 4) is 5.75 Å². The molecule has 1 aromatic rings. The Morgan fingerprint density at radius 1 is 1.29 bits per heavy atom. The van der Waals surface area contributed by atoms with E-state index in [1.165, 1.54) is 0 Å². The van der Waals surface area contributed by atoms with Gasteiger partial charge in [0.15, 0.2) is 0 Å². The van der Waals surface area contributed by atoms with Crippen molar-refractivity contribution in [3.05, 3.63) is 11.6 Å². The molecule has 0 saturated heterocycles. The van der Waals surface area contributed by atoms with Gasteiger partial charge in [0, 0.05) is 25.2 Å². The van der Waals surface area contributed by atoms with Gasteiger partial charge in [-0.1, -0.05) is 0 Å². The van der Waals surface area contributed by atoms with Crippen LogP contribution in [0.4, 0.5) is 17.1 Å². The fourth-order valence-electron chi connectivity index (χ4n) is 1.72. The summed E-state index contributed by atoms with van der Waals surface area (Å²) in [5.41, 5.74) is 15.3. The lowest BCUT2D eigenvalue weighted by Gasteiger charge is -2.18. The molecule has 5 nitrogen and oxygen atoms in total. The predicted octanol–water partition coefficient (Wildman–Crippen LogP) is 1.01. The smallest absolute Gasteiger partial charge is 0.144 e. The van der Waals surface area contributed by atoms with Gasteiger partial charge in [-0.15, -0.1) is 0 Å². The van der Waals surface area contributed by atoms with E-state index < -0.39 is 0 Å². The zero-order valence-corrected chi connectivity index (χ0v) is 11.0. The Kier molecular flexibility index (Phi) is 4.45. The van der Waals surface area contributed by atoms with E-state index in [0.717, 1.165) is 24.2 Å². The molecule has 0 amide bonds. The molecule has 0 fully saturated rings. The monoisotopic (exact) mass is 238 g/mol. The van der Waals surface area contributed by atoms with E-state index in [4.69, 9.17) is 16.2 Å². The molecular formula is C12H22N4O. The molecular weight excluding hydrogens is 216 g/mol. The standard InChI is InChI=1S/C12H22N4O/c1-15-9-7-10(17-4)12(14)8(11(9)13)5-6-16(2)3/h7,15H,5-6,13-14H2,1-4H3. The maximum atomic E-state index is 6.09. The van der Waals surface area contributed by atoms with E-state index in [9.17, 15) is 0 Å². The number of nitrogen functional groups attached to an aromatic ring is 2. The highest BCUT2D eigenvalue weighted by Crippen LogP contribution is 2.36. The van der Waals surface area contributed by atoms with Crippen LogP contribution in [-0.2, 0) is 6.42 Å². The summed E-state index contributed by atoms with van der Waals surface area (Å²) >= 11 is 0. The second-order valence-corrected chi connectivity index (χ2v) is 4.24. The molecule has 0 aromatic heterocycles. The number of rotatable bonds is 5. The predicted molar refractivity (Wildman–Crippen MR) is 73.6 cm³/mol. The minimum atomic E-state index is 0.630. The highest BCUT2D eigenvalue weighted by Gasteiger charge is 2.14. The molecule has 0 heterocycles. The average molecular weight is 238 g/mol. The quantitative estimate of drug-likeness (QED) is 0.667. The molecule has 0 unspecified atom stereocenters. The van der Waals surface area contributed by atoms with Gasteiger partial charge in [-0.25, -0.2) is 0 Å². The van der Waals surface area contributed by atoms with E-state index in [1.807, 2.05) is 27.2 Å². The van der Waals surface area contributed by atoms with Gasteiger partial charge >= 0.3 is 0 Å². The van der Waals surface area contributed by atoms with Crippen LogP contribution >= 0.6 is 0 Å². The summed E-state index contributed by atoms with van der Waals surface area (Å²) in [6.07, 6.45) is 0.802. The molecule has 0 saturated carbocycles. The van der Waals surface area contributed by atoms with Crippen LogP contribution in [0.2, 0.25) is 0 Å². The molecule has 96 valence electrons. The summed E-state index contributed by atoms with van der Waals surface area (Å²) in [5, 5.41) is 3.05. The van der Waals surface area contributed by atoms with E-state index in [1.54, 1.807) is 7.11 Å². The van der Waals surface area contributed by atoms with Crippen LogP contribution in [-0.4, -0.2) is 39.7 Å². The van der Waals surface area contributed by atoms with Crippen molar-refractivity contribution in [3.63, 3.8) is 0 Å². The molecule has 0 spiro atoms. The number of hydrogen-bond donors (Lipinski definition) is 3. The van der Waals surface area contributed by atoms with Crippen molar-refractivity contribution in [2.45, 2.75) is 6.42 Å². The number of nitrogens with zero attached hydrogens (tertiary/aromatic N) is 1. The van der Waals surface area contributed by atoms with Crippen LogP contribution in [0.3, 0.4) is 0 Å². The number of likely N-dealkylation sites (N-methyl/N-ethyl adjacent to an activating group) is 1. The first-order valence-corrected chi connectivity index (χ1v) is 5.58. The molecule has 0 aliphatic rings. The second kappa shape index (κ2) is 5.63. The van der Waals surface area contributed by atoms with Crippen LogP contribution < -0.4 is 21.5 Å². The van der Waals surface area contributed by atoms with Crippen LogP contribution in [0, 0.1) is 0 Å². The first kappa shape index (κ1) is 13.4. The third-order valence-electron chi connectivity index (χ3n) is 2.78. The largest absolute Gasteiger partial charge is 0.495 e. The number of benzene rings is 1. The molecule has 1 aromatic carbocycles. The van der Waals surface area contributed by atoms with Crippen molar-refractivity contribution < 1.29 is 4.74 Å². The normalized spacial score (nSPS) is 10.6. The topological polar surface area (TPSA) is 76.5 Å². The number of nitrogens with one attached hydrogen (secondary N) is 1. The highest BCUT2D eigenvalue weighted by molar-refractivity contribution is 5.80. The number of anilines is 3. The molecule has 1 rings (SSSR count). The maximum absolute atomic E-state index is 6.09. The minimum absolute atomic E-state index is 0.630. The first-order chi connectivity index (χ1) is 8.01. The maximum Gasteiger partial charge on any atom is 0.144 e. The second-order valence-electron chi connectivity index (χ2n) is 4.24. The Hall–Kier alpha value is -1.62. The van der Waals surface area contributed by atoms with Crippen LogP contribution in [0.15, 0.2) is 6.07 Å². The Labute approximate surface area is 103 Å². The lowest BCUT2D eigenvalue weighted by molar-refractivity contribution is 0.409. The highest BCUT2D eigenvalue weighted by atomic mass is 16.5. The minimum Gasteiger partial charge on any atom is -0.495 e. The van der Waals surface area contributed by atoms with E-state index in [-0.39, 0.29) is 0 Å². The molecule has 5 N–H and O–H groups in total. The third-order valence-corrected chi connectivity index (χ3v) is 2.78. The lowest BCUT2D eigenvalue weighted by atomic mass is 10.0. The van der Waals surface area contributed by atoms with Gasteiger partial charge in [0.1, 0.15) is 5.75 Å². The molecule has 0 aliphatic heterocycles. The van der Waals surface area contributed by atoms with Gasteiger partial charge in [0.2, 0.25) is 0 Å². The fraction of sp³-hybridized carbons (Fsp3) is 0.500. The SMILES string of the molecule is CNc1cc(OC)c(N)c(CCN(C)C)c1N. The van der Waals surface area contributed by atoms with E-state index in [2.05, 4.69) is 10.2 Å². The summed E-state index contributed by atoms with van der Waals surface area (Å²) in [6.45, 7) is 0.894. The molecule has 0 atom stereocenters. The molecule has 5 heteroatoms. The van der Waals surface area contributed by atoms with Gasteiger partial charge in [-0.05, 0) is 20.5 Å². The number of nitrogens with two attached hydrogens (primary N) is 2. The summed E-state index contributed by atoms with van der Waals surface area (Å²) in [7, 11) is 7.48. The van der Waals surface area contributed by atoms with Gasteiger partial charge in [-0.2, -0.15) is 0 Å². The van der Waals surface area contributed by atoms with Gasteiger partial charge < -0.3 is 26.4 Å². The molecule has 17 heavy (non-hydrogen) atoms. The van der Waals surface area contributed by atoms with E-state index in [0.29, 0.717) is 17.1 Å². The zero-order valence-electron chi connectivity index (χ0n) is 11.0. The van der Waals surface area contributed by atoms with Crippen LogP contribution in [0.5, 0.6) is 5.75 Å².